The summed E-state index contributed by atoms with van der Waals surface area (Å²) < 4.78 is 43.8. The number of rotatable bonds is 4. The van der Waals surface area contributed by atoms with Crippen molar-refractivity contribution in [1.29, 1.82) is 0 Å². The van der Waals surface area contributed by atoms with Crippen LogP contribution in [0, 0.1) is 17.5 Å². The van der Waals surface area contributed by atoms with Gasteiger partial charge in [-0.15, -0.1) is 0 Å². The molecule has 2 rings (SSSR count). The molecule has 0 atom stereocenters. The first-order valence-corrected chi connectivity index (χ1v) is 6.86. The van der Waals surface area contributed by atoms with E-state index in [1.807, 2.05) is 10.9 Å². The maximum atomic E-state index is 13.1. The fraction of sp³-hybridized carbons (Fsp3) is 0.0667. The summed E-state index contributed by atoms with van der Waals surface area (Å²) in [6.45, 7) is -0.461. The smallest absolute Gasteiger partial charge is 0.276 e. The number of halogens is 4. The Balaban J connectivity index is 1.86. The Morgan fingerprint density at radius 1 is 1.00 bits per heavy atom. The molecular weight excluding hydrogens is 349 g/mol. The highest BCUT2D eigenvalue weighted by molar-refractivity contribution is 6.33. The number of carbonyl (C=O) groups excluding carboxylic acids is 2. The zero-order chi connectivity index (χ0) is 17.7. The third-order valence-corrected chi connectivity index (χ3v) is 3.07. The molecule has 0 aliphatic heterocycles. The van der Waals surface area contributed by atoms with Crippen LogP contribution in [0.4, 0.5) is 13.2 Å². The quantitative estimate of drug-likeness (QED) is 0.652. The van der Waals surface area contributed by atoms with Crippen molar-refractivity contribution in [3.8, 4) is 5.75 Å². The first-order chi connectivity index (χ1) is 11.4. The first-order valence-electron chi connectivity index (χ1n) is 6.49. The maximum absolute atomic E-state index is 13.1. The normalized spacial score (nSPS) is 10.2. The van der Waals surface area contributed by atoms with Gasteiger partial charge in [-0.25, -0.2) is 13.2 Å². The molecule has 0 radical (unpaired) electrons. The number of hydrogen-bond donors (Lipinski definition) is 2. The lowest BCUT2D eigenvalue weighted by Crippen LogP contribution is -2.44. The van der Waals surface area contributed by atoms with E-state index in [2.05, 4.69) is 0 Å². The monoisotopic (exact) mass is 358 g/mol. The van der Waals surface area contributed by atoms with Gasteiger partial charge in [0, 0.05) is 0 Å². The van der Waals surface area contributed by atoms with E-state index in [-0.39, 0.29) is 16.3 Å². The van der Waals surface area contributed by atoms with Crippen molar-refractivity contribution < 1.29 is 27.5 Å². The Kier molecular flexibility index (Phi) is 5.64. The molecule has 0 bridgehead atoms. The third kappa shape index (κ3) is 4.63. The minimum absolute atomic E-state index is 0.251. The van der Waals surface area contributed by atoms with Crippen molar-refractivity contribution in [2.24, 2.45) is 0 Å². The predicted octanol–water partition coefficient (Wildman–Crippen LogP) is 2.60. The summed E-state index contributed by atoms with van der Waals surface area (Å²) in [4.78, 5) is 23.3. The molecule has 2 aromatic carbocycles. The van der Waals surface area contributed by atoms with Crippen LogP contribution in [0.3, 0.4) is 0 Å². The second-order valence-corrected chi connectivity index (χ2v) is 4.90. The van der Waals surface area contributed by atoms with Gasteiger partial charge < -0.3 is 4.74 Å². The minimum atomic E-state index is -1.25. The standard InChI is InChI=1S/C15H10ClF3N2O3/c16-11-6-13(19)12(18)5-10(11)15(23)21-20-14(22)7-24-9-3-1-8(17)2-4-9/h1-6H,7H2,(H,20,22)(H,21,23). The zero-order valence-corrected chi connectivity index (χ0v) is 12.7. The average Bonchev–Trinajstić information content (AvgIpc) is 2.55. The molecule has 2 aromatic rings. The van der Waals surface area contributed by atoms with Gasteiger partial charge in [0.15, 0.2) is 18.2 Å². The number of nitrogens with one attached hydrogen (secondary N) is 2. The van der Waals surface area contributed by atoms with Crippen LogP contribution < -0.4 is 15.6 Å². The Labute approximate surface area is 139 Å². The molecule has 126 valence electrons. The molecule has 24 heavy (non-hydrogen) atoms. The molecule has 0 aromatic heterocycles. The number of benzene rings is 2. The molecular formula is C15H10ClF3N2O3. The van der Waals surface area contributed by atoms with Gasteiger partial charge in [-0.2, -0.15) is 0 Å². The topological polar surface area (TPSA) is 67.4 Å². The Morgan fingerprint density at radius 2 is 1.62 bits per heavy atom. The second-order valence-electron chi connectivity index (χ2n) is 4.49. The molecule has 0 saturated carbocycles. The van der Waals surface area contributed by atoms with Crippen molar-refractivity contribution in [3.05, 3.63) is 64.4 Å². The van der Waals surface area contributed by atoms with Crippen LogP contribution in [-0.2, 0) is 4.79 Å². The highest BCUT2D eigenvalue weighted by atomic mass is 35.5. The molecule has 0 unspecified atom stereocenters. The maximum Gasteiger partial charge on any atom is 0.276 e. The molecule has 0 heterocycles. The zero-order valence-electron chi connectivity index (χ0n) is 11.9. The van der Waals surface area contributed by atoms with E-state index >= 15 is 0 Å². The van der Waals surface area contributed by atoms with Crippen LogP contribution in [0.15, 0.2) is 36.4 Å². The summed E-state index contributed by atoms with van der Waals surface area (Å²) >= 11 is 5.63. The van der Waals surface area contributed by atoms with E-state index in [0.717, 1.165) is 12.1 Å². The van der Waals surface area contributed by atoms with Gasteiger partial charge in [-0.05, 0) is 36.4 Å². The lowest BCUT2D eigenvalue weighted by atomic mass is 10.2. The molecule has 0 spiro atoms. The highest BCUT2D eigenvalue weighted by Crippen LogP contribution is 2.19. The lowest BCUT2D eigenvalue weighted by Gasteiger charge is -2.10. The Bertz CT molecular complexity index is 769. The summed E-state index contributed by atoms with van der Waals surface area (Å²) in [5, 5.41) is -0.316. The van der Waals surface area contributed by atoms with Crippen LogP contribution in [0.2, 0.25) is 5.02 Å². The molecule has 0 aliphatic carbocycles. The number of hydrogen-bond acceptors (Lipinski definition) is 3. The number of amides is 2. The first kappa shape index (κ1) is 17.6. The minimum Gasteiger partial charge on any atom is -0.484 e. The van der Waals surface area contributed by atoms with Crippen molar-refractivity contribution in [2.75, 3.05) is 6.61 Å². The SMILES string of the molecule is O=C(COc1ccc(F)cc1)NNC(=O)c1cc(F)c(F)cc1Cl. The van der Waals surface area contributed by atoms with Crippen LogP contribution >= 0.6 is 11.6 Å². The molecule has 0 fully saturated rings. The van der Waals surface area contributed by atoms with E-state index in [0.29, 0.717) is 12.1 Å². The van der Waals surface area contributed by atoms with Gasteiger partial charge in [0.2, 0.25) is 0 Å². The Hall–Kier alpha value is -2.74. The van der Waals surface area contributed by atoms with Gasteiger partial charge >= 0.3 is 0 Å². The van der Waals surface area contributed by atoms with Crippen molar-refractivity contribution >= 4 is 23.4 Å². The van der Waals surface area contributed by atoms with E-state index in [1.54, 1.807) is 0 Å². The molecule has 0 aliphatic rings. The summed E-state index contributed by atoms with van der Waals surface area (Å²) in [6, 6.07) is 6.20. The number of carbonyl (C=O) groups is 2. The molecule has 2 amide bonds. The van der Waals surface area contributed by atoms with Gasteiger partial charge in [0.25, 0.3) is 11.8 Å². The lowest BCUT2D eigenvalue weighted by molar-refractivity contribution is -0.123. The molecule has 5 nitrogen and oxygen atoms in total. The summed E-state index contributed by atoms with van der Waals surface area (Å²) in [7, 11) is 0. The van der Waals surface area contributed by atoms with Crippen molar-refractivity contribution in [2.45, 2.75) is 0 Å². The van der Waals surface area contributed by atoms with Crippen molar-refractivity contribution in [1.82, 2.24) is 10.9 Å². The summed E-state index contributed by atoms with van der Waals surface area (Å²) in [5.74, 6) is -4.33. The van der Waals surface area contributed by atoms with Gasteiger partial charge in [0.05, 0.1) is 10.6 Å². The van der Waals surface area contributed by atoms with Crippen LogP contribution in [0.25, 0.3) is 0 Å². The fourth-order valence-corrected chi connectivity index (χ4v) is 1.84. The summed E-state index contributed by atoms with van der Waals surface area (Å²) in [6.07, 6.45) is 0. The summed E-state index contributed by atoms with van der Waals surface area (Å²) in [5.41, 5.74) is 3.64. The van der Waals surface area contributed by atoms with E-state index in [1.165, 1.54) is 12.1 Å². The van der Waals surface area contributed by atoms with Crippen molar-refractivity contribution in [3.63, 3.8) is 0 Å². The van der Waals surface area contributed by atoms with E-state index < -0.39 is 35.9 Å². The van der Waals surface area contributed by atoms with Gasteiger partial charge in [-0.3, -0.25) is 20.4 Å². The van der Waals surface area contributed by atoms with Crippen LogP contribution in [0.5, 0.6) is 5.75 Å². The average molecular weight is 359 g/mol. The Morgan fingerprint density at radius 3 is 2.29 bits per heavy atom. The number of ether oxygens (including phenoxy) is 1. The van der Waals surface area contributed by atoms with Gasteiger partial charge in [-0.1, -0.05) is 11.6 Å². The second kappa shape index (κ2) is 7.69. The molecule has 2 N–H and O–H groups in total. The van der Waals surface area contributed by atoms with Crippen LogP contribution in [-0.4, -0.2) is 18.4 Å². The highest BCUT2D eigenvalue weighted by Gasteiger charge is 2.15. The van der Waals surface area contributed by atoms with Gasteiger partial charge in [0.1, 0.15) is 11.6 Å². The predicted molar refractivity (Wildman–Crippen MR) is 78.9 cm³/mol. The van der Waals surface area contributed by atoms with Crippen LogP contribution in [0.1, 0.15) is 10.4 Å². The fourth-order valence-electron chi connectivity index (χ4n) is 1.61. The van der Waals surface area contributed by atoms with E-state index in [4.69, 9.17) is 16.3 Å². The van der Waals surface area contributed by atoms with E-state index in [9.17, 15) is 22.8 Å². The number of hydrazine groups is 1. The molecule has 0 saturated heterocycles. The third-order valence-electron chi connectivity index (χ3n) is 2.75. The largest absolute Gasteiger partial charge is 0.484 e. The molecule has 9 heteroatoms.